The fourth-order valence-electron chi connectivity index (χ4n) is 2.40. The summed E-state index contributed by atoms with van der Waals surface area (Å²) in [6.07, 6.45) is 3.40. The van der Waals surface area contributed by atoms with Crippen molar-refractivity contribution in [3.8, 4) is 5.75 Å². The van der Waals surface area contributed by atoms with Crippen LogP contribution in [-0.4, -0.2) is 26.2 Å². The van der Waals surface area contributed by atoms with E-state index in [1.54, 1.807) is 55.7 Å². The number of hydrogen-bond donors (Lipinski definition) is 0. The highest BCUT2D eigenvalue weighted by Crippen LogP contribution is 2.28. The van der Waals surface area contributed by atoms with Crippen LogP contribution < -0.4 is 4.74 Å². The standard InChI is InChI=1S/C20H16O5/c1-23-17-9-7-14(8-10-17)18-12-16(20(22)25-18)11-13-3-5-15(6-4-13)19(21)24-2/h3-12H,1-2H3/b16-11+. The van der Waals surface area contributed by atoms with Crippen molar-refractivity contribution in [3.05, 3.63) is 76.9 Å². The molecule has 0 bridgehead atoms. The van der Waals surface area contributed by atoms with Crippen molar-refractivity contribution < 1.29 is 23.8 Å². The Morgan fingerprint density at radius 3 is 2.28 bits per heavy atom. The summed E-state index contributed by atoms with van der Waals surface area (Å²) in [4.78, 5) is 23.5. The van der Waals surface area contributed by atoms with E-state index in [9.17, 15) is 9.59 Å². The van der Waals surface area contributed by atoms with Gasteiger partial charge in [0, 0.05) is 5.56 Å². The minimum atomic E-state index is -0.414. The average molecular weight is 336 g/mol. The summed E-state index contributed by atoms with van der Waals surface area (Å²) >= 11 is 0. The molecule has 5 nitrogen and oxygen atoms in total. The number of benzene rings is 2. The molecule has 0 saturated heterocycles. The summed E-state index contributed by atoms with van der Waals surface area (Å²) in [7, 11) is 2.93. The number of methoxy groups -OCH3 is 2. The van der Waals surface area contributed by atoms with E-state index in [0.29, 0.717) is 16.9 Å². The molecule has 5 heteroatoms. The van der Waals surface area contributed by atoms with Gasteiger partial charge in [-0.25, -0.2) is 9.59 Å². The molecule has 25 heavy (non-hydrogen) atoms. The molecule has 1 aliphatic rings. The third kappa shape index (κ3) is 3.61. The molecular formula is C20H16O5. The van der Waals surface area contributed by atoms with Crippen molar-refractivity contribution in [2.45, 2.75) is 0 Å². The molecule has 0 amide bonds. The van der Waals surface area contributed by atoms with Crippen LogP contribution in [0.3, 0.4) is 0 Å². The lowest BCUT2D eigenvalue weighted by Gasteiger charge is -2.03. The zero-order chi connectivity index (χ0) is 17.8. The third-order valence-electron chi connectivity index (χ3n) is 3.75. The summed E-state index contributed by atoms with van der Waals surface area (Å²) in [5.41, 5.74) is 2.47. The van der Waals surface area contributed by atoms with E-state index in [-0.39, 0.29) is 0 Å². The molecular weight excluding hydrogens is 320 g/mol. The quantitative estimate of drug-likeness (QED) is 0.632. The van der Waals surface area contributed by atoms with Crippen LogP contribution in [0.2, 0.25) is 0 Å². The first-order valence-corrected chi connectivity index (χ1v) is 7.59. The summed E-state index contributed by atoms with van der Waals surface area (Å²) < 4.78 is 15.1. The predicted octanol–water partition coefficient (Wildman–Crippen LogP) is 3.46. The zero-order valence-electron chi connectivity index (χ0n) is 13.8. The van der Waals surface area contributed by atoms with Gasteiger partial charge in [0.2, 0.25) is 0 Å². The Kier molecular flexibility index (Phi) is 4.66. The van der Waals surface area contributed by atoms with Gasteiger partial charge in [0.25, 0.3) is 0 Å². The predicted molar refractivity (Wildman–Crippen MR) is 92.8 cm³/mol. The number of carbonyl (C=O) groups is 2. The lowest BCUT2D eigenvalue weighted by atomic mass is 10.1. The van der Waals surface area contributed by atoms with Crippen molar-refractivity contribution in [3.63, 3.8) is 0 Å². The topological polar surface area (TPSA) is 61.8 Å². The molecule has 0 radical (unpaired) electrons. The van der Waals surface area contributed by atoms with Crippen LogP contribution >= 0.6 is 0 Å². The number of carbonyl (C=O) groups excluding carboxylic acids is 2. The molecule has 0 saturated carbocycles. The third-order valence-corrected chi connectivity index (χ3v) is 3.75. The largest absolute Gasteiger partial charge is 0.497 e. The second-order valence-corrected chi connectivity index (χ2v) is 5.34. The fraction of sp³-hybridized carbons (Fsp3) is 0.100. The minimum Gasteiger partial charge on any atom is -0.497 e. The maximum atomic E-state index is 12.1. The Bertz CT molecular complexity index is 858. The number of esters is 2. The molecule has 0 aliphatic carbocycles. The molecule has 2 aromatic rings. The van der Waals surface area contributed by atoms with E-state index in [1.165, 1.54) is 7.11 Å². The molecule has 1 heterocycles. The maximum Gasteiger partial charge on any atom is 0.343 e. The van der Waals surface area contributed by atoms with Crippen LogP contribution in [0.25, 0.3) is 11.8 Å². The van der Waals surface area contributed by atoms with Crippen molar-refractivity contribution in [2.75, 3.05) is 14.2 Å². The van der Waals surface area contributed by atoms with Crippen LogP contribution in [0.4, 0.5) is 0 Å². The first-order chi connectivity index (χ1) is 12.1. The Balaban J connectivity index is 1.83. The van der Waals surface area contributed by atoms with Gasteiger partial charge in [0.15, 0.2) is 0 Å². The molecule has 1 aliphatic heterocycles. The molecule has 0 N–H and O–H groups in total. The Morgan fingerprint density at radius 2 is 1.68 bits per heavy atom. The minimum absolute atomic E-state index is 0.402. The normalized spacial score (nSPS) is 14.9. The maximum absolute atomic E-state index is 12.1. The van der Waals surface area contributed by atoms with E-state index in [4.69, 9.17) is 9.47 Å². The van der Waals surface area contributed by atoms with Gasteiger partial charge in [0.05, 0.1) is 25.4 Å². The monoisotopic (exact) mass is 336 g/mol. The van der Waals surface area contributed by atoms with Crippen molar-refractivity contribution in [1.82, 2.24) is 0 Å². The molecule has 2 aromatic carbocycles. The summed E-state index contributed by atoms with van der Waals surface area (Å²) in [6, 6.07) is 14.0. The van der Waals surface area contributed by atoms with E-state index >= 15 is 0 Å². The molecule has 0 atom stereocenters. The van der Waals surface area contributed by atoms with Crippen LogP contribution in [0.1, 0.15) is 21.5 Å². The van der Waals surface area contributed by atoms with Crippen molar-refractivity contribution in [2.24, 2.45) is 0 Å². The molecule has 3 rings (SSSR count). The van der Waals surface area contributed by atoms with Gasteiger partial charge in [-0.15, -0.1) is 0 Å². The highest BCUT2D eigenvalue weighted by Gasteiger charge is 2.22. The lowest BCUT2D eigenvalue weighted by molar-refractivity contribution is -0.130. The van der Waals surface area contributed by atoms with Gasteiger partial charge in [-0.3, -0.25) is 0 Å². The zero-order valence-corrected chi connectivity index (χ0v) is 13.8. The second kappa shape index (κ2) is 7.05. The van der Waals surface area contributed by atoms with Crippen LogP contribution in [0, 0.1) is 0 Å². The average Bonchev–Trinajstić information content (AvgIpc) is 3.02. The van der Waals surface area contributed by atoms with Gasteiger partial charge in [-0.2, -0.15) is 0 Å². The molecule has 0 fully saturated rings. The second-order valence-electron chi connectivity index (χ2n) is 5.34. The summed E-state index contributed by atoms with van der Waals surface area (Å²) in [5, 5.41) is 0. The molecule has 0 spiro atoms. The Morgan fingerprint density at radius 1 is 1.00 bits per heavy atom. The van der Waals surface area contributed by atoms with Gasteiger partial charge < -0.3 is 14.2 Å². The van der Waals surface area contributed by atoms with Crippen LogP contribution in [0.5, 0.6) is 5.75 Å². The van der Waals surface area contributed by atoms with Gasteiger partial charge in [0.1, 0.15) is 11.5 Å². The molecule has 126 valence electrons. The van der Waals surface area contributed by atoms with Crippen LogP contribution in [-0.2, 0) is 14.3 Å². The smallest absolute Gasteiger partial charge is 0.343 e. The van der Waals surface area contributed by atoms with E-state index in [2.05, 4.69) is 4.74 Å². The van der Waals surface area contributed by atoms with E-state index in [0.717, 1.165) is 16.9 Å². The van der Waals surface area contributed by atoms with Gasteiger partial charge >= 0.3 is 11.9 Å². The van der Waals surface area contributed by atoms with E-state index < -0.39 is 11.9 Å². The number of rotatable bonds is 4. The number of ether oxygens (including phenoxy) is 3. The lowest BCUT2D eigenvalue weighted by Crippen LogP contribution is -2.00. The van der Waals surface area contributed by atoms with Gasteiger partial charge in [-0.05, 0) is 54.1 Å². The van der Waals surface area contributed by atoms with Crippen LogP contribution in [0.15, 0.2) is 60.2 Å². The Labute approximate surface area is 145 Å². The van der Waals surface area contributed by atoms with Crippen molar-refractivity contribution in [1.29, 1.82) is 0 Å². The van der Waals surface area contributed by atoms with Crippen molar-refractivity contribution >= 4 is 23.8 Å². The summed E-state index contributed by atoms with van der Waals surface area (Å²) in [5.74, 6) is 0.407. The summed E-state index contributed by atoms with van der Waals surface area (Å²) in [6.45, 7) is 0. The first-order valence-electron chi connectivity index (χ1n) is 7.59. The molecule has 0 aromatic heterocycles. The SMILES string of the molecule is COC(=O)c1ccc(/C=C2\C=C(c3ccc(OC)cc3)OC2=O)cc1. The first kappa shape index (κ1) is 16.5. The number of hydrogen-bond acceptors (Lipinski definition) is 5. The fourth-order valence-corrected chi connectivity index (χ4v) is 2.40. The molecule has 0 unspecified atom stereocenters. The van der Waals surface area contributed by atoms with Gasteiger partial charge in [-0.1, -0.05) is 12.1 Å². The van der Waals surface area contributed by atoms with E-state index in [1.807, 2.05) is 12.1 Å². The number of cyclic esters (lactones) is 1. The highest BCUT2D eigenvalue weighted by atomic mass is 16.5. The highest BCUT2D eigenvalue weighted by molar-refractivity contribution is 6.05. The Hall–Kier alpha value is -3.34.